The maximum Gasteiger partial charge on any atom is 0.407 e. The molecule has 0 spiro atoms. The maximum absolute atomic E-state index is 13.9. The third-order valence-electron chi connectivity index (χ3n) is 19.8. The average molecular weight is 2440 g/mol. The Balaban J connectivity index is 0.000000227. The third kappa shape index (κ3) is 31.3. The molecule has 0 bridgehead atoms. The molecule has 8 aromatic rings. The van der Waals surface area contributed by atoms with E-state index < -0.39 is 119 Å². The molecule has 2 fully saturated rings. The van der Waals surface area contributed by atoms with Gasteiger partial charge in [0.05, 0.1) is 91.4 Å². The highest BCUT2D eigenvalue weighted by molar-refractivity contribution is 14.1. The van der Waals surface area contributed by atoms with Crippen LogP contribution in [0.5, 0.6) is 23.0 Å². The zero-order valence-electron chi connectivity index (χ0n) is 64.9. The highest BCUT2D eigenvalue weighted by Gasteiger charge is 2.51. The summed E-state index contributed by atoms with van der Waals surface area (Å²) < 4.78 is 197. The van der Waals surface area contributed by atoms with Crippen LogP contribution >= 0.6 is 154 Å². The van der Waals surface area contributed by atoms with Gasteiger partial charge in [0.2, 0.25) is 0 Å². The molecular formula is C86H74Br4F14I4N8O8. The van der Waals surface area contributed by atoms with Crippen molar-refractivity contribution >= 4 is 177 Å². The van der Waals surface area contributed by atoms with Crippen molar-refractivity contribution < 1.29 is 101 Å². The Labute approximate surface area is 792 Å². The molecule has 8 atom stereocenters. The highest BCUT2D eigenvalue weighted by atomic mass is 127. The van der Waals surface area contributed by atoms with Crippen LogP contribution in [-0.4, -0.2) is 92.4 Å². The van der Waals surface area contributed by atoms with Crippen LogP contribution in [0, 0.1) is 95.9 Å². The molecule has 38 heteroatoms. The summed E-state index contributed by atoms with van der Waals surface area (Å²) in [6, 6.07) is 27.1. The molecule has 0 aliphatic heterocycles. The van der Waals surface area contributed by atoms with E-state index in [0.717, 1.165) is 53.6 Å². The molecule has 10 rings (SSSR count). The second-order valence-electron chi connectivity index (χ2n) is 29.5. The fourth-order valence-corrected chi connectivity index (χ4v) is 19.1. The monoisotopic (exact) mass is 2440 g/mol. The van der Waals surface area contributed by atoms with Gasteiger partial charge in [0.15, 0.2) is 23.1 Å². The molecule has 16 nitrogen and oxygen atoms in total. The molecule has 124 heavy (non-hydrogen) atoms. The zero-order valence-corrected chi connectivity index (χ0v) is 79.9. The maximum atomic E-state index is 13.9. The third-order valence-corrected chi connectivity index (χ3v) is 25.5. The number of carbonyl (C=O) groups excluding carboxylic acids is 4. The van der Waals surface area contributed by atoms with Crippen LogP contribution in [0.4, 0.5) is 61.5 Å². The fourth-order valence-electron chi connectivity index (χ4n) is 12.7. The van der Waals surface area contributed by atoms with Crippen molar-refractivity contribution in [1.82, 2.24) is 21.3 Å². The standard InChI is InChI=1S/C22H18Br2F4N2O2.C22H18F4I2N2O2.C21H19Br2F3N2O2.C21H19F3I2N2O2/c23-15-7-12(8-16(24)19(15)32)9-17(18(31)10-21(11-29)5-6-21)30-20(22(26,27)28)13-1-3-14(25)4-2-13;23-14-3-1-2-13(9-14)20(22(24,25)26)30-17(18(31)10-21(11-29)4-5-21)8-12-6-15(27)19(32)16(28)7-12;1-12-4-6-14(7-5-12)20(21(24,25)26)28-17(18(29)3-2-8-27)11-13-9-15(22)19(30)16(23)10-13;1-12-4-6-14(7-5-12)20(21(22,23)24)28-17(18(29)3-2-8-27)11-13-9-15(25)19(30)16(26)10-13/h1-4,7-8,17,20,30,32H,5-6,9-10H2;1-3,6-7,9,17,20,30,32H,4-5,8,10H2;2*4-7,9-10,17,20,28,30H,2-3,11H2,1H3/t4*17-,20-/m0000/s1. The summed E-state index contributed by atoms with van der Waals surface area (Å²) in [6.07, 6.45) is -17.6. The fraction of sp³-hybridized carbons (Fsp3) is 0.349. The Hall–Kier alpha value is -6.70. The number of nitrogens with one attached hydrogen (secondary N) is 4. The number of phenolic OH excluding ortho intramolecular Hbond substituents is 4. The highest BCUT2D eigenvalue weighted by Crippen LogP contribution is 2.50. The van der Waals surface area contributed by atoms with Crippen LogP contribution in [0.3, 0.4) is 0 Å². The molecule has 0 aromatic heterocycles. The van der Waals surface area contributed by atoms with Crippen molar-refractivity contribution in [2.24, 2.45) is 10.8 Å². The second kappa shape index (κ2) is 46.0. The Morgan fingerprint density at radius 2 is 0.653 bits per heavy atom. The van der Waals surface area contributed by atoms with Gasteiger partial charge in [-0.05, 0) is 337 Å². The number of aromatic hydroxyl groups is 4. The minimum atomic E-state index is -4.78. The molecule has 8 N–H and O–H groups in total. The van der Waals surface area contributed by atoms with E-state index in [4.69, 9.17) is 10.5 Å². The lowest BCUT2D eigenvalue weighted by atomic mass is 9.92. The quantitative estimate of drug-likeness (QED) is 0.0144. The number of rotatable bonds is 32. The number of aryl methyl sites for hydroxylation is 2. The van der Waals surface area contributed by atoms with Crippen LogP contribution in [0.1, 0.15) is 144 Å². The summed E-state index contributed by atoms with van der Waals surface area (Å²) in [5.74, 6) is -3.44. The number of hydrogen-bond acceptors (Lipinski definition) is 16. The van der Waals surface area contributed by atoms with Crippen LogP contribution in [0.15, 0.2) is 163 Å². The average Bonchev–Trinajstić information content (AvgIpc) is 1.07. The molecular weight excluding hydrogens is 2370 g/mol. The molecule has 0 heterocycles. The summed E-state index contributed by atoms with van der Waals surface area (Å²) in [7, 11) is 0. The molecule has 2 aliphatic carbocycles. The van der Waals surface area contributed by atoms with Crippen molar-refractivity contribution in [2.45, 2.75) is 177 Å². The number of phenols is 4. The Bertz CT molecular complexity index is 5050. The van der Waals surface area contributed by atoms with Gasteiger partial charge < -0.3 is 20.4 Å². The van der Waals surface area contributed by atoms with Gasteiger partial charge in [0, 0.05) is 38.5 Å². The molecule has 0 saturated heterocycles. The van der Waals surface area contributed by atoms with Crippen LogP contribution in [-0.2, 0) is 44.9 Å². The molecule has 0 unspecified atom stereocenters. The largest absolute Gasteiger partial charge is 0.506 e. The smallest absolute Gasteiger partial charge is 0.407 e. The lowest BCUT2D eigenvalue weighted by Gasteiger charge is -2.28. The van der Waals surface area contributed by atoms with E-state index in [-0.39, 0.29) is 109 Å². The Morgan fingerprint density at radius 3 is 0.911 bits per heavy atom. The number of hydrogen-bond donors (Lipinski definition) is 8. The minimum absolute atomic E-state index is 0.000694. The van der Waals surface area contributed by atoms with Crippen molar-refractivity contribution in [3.05, 3.63) is 245 Å². The van der Waals surface area contributed by atoms with Crippen LogP contribution in [0.2, 0.25) is 0 Å². The SMILES string of the molecule is Cc1ccc([C@H](N[C@@H](Cc2cc(Br)c(O)c(Br)c2)C(=O)CCC#N)C(F)(F)F)cc1.Cc1ccc([C@H](N[C@@H](Cc2cc(I)c(O)c(I)c2)C(=O)CCC#N)C(F)(F)F)cc1.N#CC1(CC(=O)[C@H](Cc2cc(Br)c(O)c(Br)c2)N[C@@H](c2ccc(F)cc2)C(F)(F)F)CC1.N#CC1(CC(=O)[C@H](Cc2cc(I)c(O)c(I)c2)N[C@@H](c2cccc(F)c2)C(F)(F)F)CC1. The van der Waals surface area contributed by atoms with Gasteiger partial charge in [-0.3, -0.25) is 40.4 Å². The lowest BCUT2D eigenvalue weighted by Crippen LogP contribution is -2.46. The number of carbonyl (C=O) groups is 4. The summed E-state index contributed by atoms with van der Waals surface area (Å²) in [5.41, 5.74) is 1.66. The van der Waals surface area contributed by atoms with E-state index in [0.29, 0.717) is 80.1 Å². The number of nitrogens with zero attached hydrogens (tertiary/aromatic N) is 4. The van der Waals surface area contributed by atoms with Gasteiger partial charge in [0.25, 0.3) is 0 Å². The number of ketones is 4. The number of halogens is 22. The Kier molecular flexibility index (Phi) is 38.7. The van der Waals surface area contributed by atoms with Crippen molar-refractivity contribution in [2.75, 3.05) is 0 Å². The lowest BCUT2D eigenvalue weighted by molar-refractivity contribution is -0.161. The molecule has 8 aromatic carbocycles. The van der Waals surface area contributed by atoms with E-state index in [2.05, 4.69) is 97.1 Å². The predicted octanol–water partition coefficient (Wildman–Crippen LogP) is 23.4. The summed E-state index contributed by atoms with van der Waals surface area (Å²) >= 11 is 20.4. The van der Waals surface area contributed by atoms with Crippen molar-refractivity contribution in [1.29, 1.82) is 21.0 Å². The second-order valence-corrected chi connectivity index (χ2v) is 37.5. The number of alkyl halides is 12. The molecule has 660 valence electrons. The van der Waals surface area contributed by atoms with E-state index in [9.17, 15) is 112 Å². The molecule has 0 amide bonds. The molecule has 0 radical (unpaired) electrons. The minimum Gasteiger partial charge on any atom is -0.506 e. The van der Waals surface area contributed by atoms with Gasteiger partial charge in [-0.25, -0.2) is 8.78 Å². The number of benzene rings is 8. The van der Waals surface area contributed by atoms with Gasteiger partial charge in [-0.15, -0.1) is 0 Å². The predicted molar refractivity (Wildman–Crippen MR) is 480 cm³/mol. The van der Waals surface area contributed by atoms with Gasteiger partial charge >= 0.3 is 24.7 Å². The first-order valence-electron chi connectivity index (χ1n) is 37.2. The van der Waals surface area contributed by atoms with Gasteiger partial charge in [0.1, 0.15) is 58.8 Å². The normalized spacial score (nSPS) is 15.2. The molecule has 2 saturated carbocycles. The van der Waals surface area contributed by atoms with Crippen LogP contribution in [0.25, 0.3) is 0 Å². The zero-order chi connectivity index (χ0) is 92.3. The van der Waals surface area contributed by atoms with Crippen molar-refractivity contribution in [3.63, 3.8) is 0 Å². The topological polar surface area (TPSA) is 292 Å². The molecule has 2 aliphatic rings. The summed E-state index contributed by atoms with van der Waals surface area (Å²) in [4.78, 5) is 51.4. The van der Waals surface area contributed by atoms with Crippen molar-refractivity contribution in [3.8, 4) is 47.3 Å². The van der Waals surface area contributed by atoms with E-state index in [1.54, 1.807) is 74.5 Å². The number of nitriles is 4. The summed E-state index contributed by atoms with van der Waals surface area (Å²) in [5, 5.41) is 85.6. The van der Waals surface area contributed by atoms with Crippen LogP contribution < -0.4 is 21.3 Å². The van der Waals surface area contributed by atoms with E-state index >= 15 is 0 Å². The Morgan fingerprint density at radius 1 is 0.387 bits per heavy atom. The first-order chi connectivity index (χ1) is 57.9. The van der Waals surface area contributed by atoms with Gasteiger partial charge in [-0.1, -0.05) is 83.9 Å². The van der Waals surface area contributed by atoms with Gasteiger partial charge in [-0.2, -0.15) is 73.7 Å². The van der Waals surface area contributed by atoms with E-state index in [1.165, 1.54) is 42.5 Å². The first kappa shape index (κ1) is 104. The summed E-state index contributed by atoms with van der Waals surface area (Å²) in [6.45, 7) is 3.55. The first-order valence-corrected chi connectivity index (χ1v) is 44.7. The number of Topliss-reactive ketones (excluding diaryl/α,β-unsaturated/α-hetero) is 4. The van der Waals surface area contributed by atoms with E-state index in [1.807, 2.05) is 103 Å².